The van der Waals surface area contributed by atoms with Crippen molar-refractivity contribution in [3.05, 3.63) is 57.9 Å². The van der Waals surface area contributed by atoms with E-state index in [-0.39, 0.29) is 27.5 Å². The van der Waals surface area contributed by atoms with Gasteiger partial charge in [-0.1, -0.05) is 23.7 Å². The predicted octanol–water partition coefficient (Wildman–Crippen LogP) is 3.48. The van der Waals surface area contributed by atoms with Crippen molar-refractivity contribution in [2.45, 2.75) is 19.2 Å². The van der Waals surface area contributed by atoms with Gasteiger partial charge in [-0.25, -0.2) is 4.39 Å². The lowest BCUT2D eigenvalue weighted by Crippen LogP contribution is -2.44. The first kappa shape index (κ1) is 19.9. The van der Waals surface area contributed by atoms with Crippen LogP contribution in [0.2, 0.25) is 5.02 Å². The second-order valence-corrected chi connectivity index (χ2v) is 6.53. The number of benzene rings is 2. The average molecular weight is 414 g/mol. The Morgan fingerprint density at radius 3 is 2.43 bits per heavy atom. The molecule has 0 N–H and O–H groups in total. The molecule has 1 aliphatic rings. The van der Waals surface area contributed by atoms with E-state index in [4.69, 9.17) is 16.3 Å². The number of carboxylic acid groups (broad SMARTS) is 1. The summed E-state index contributed by atoms with van der Waals surface area (Å²) in [6, 6.07) is 6.51. The number of hydrogen-bond donors (Lipinski definition) is 0. The third-order valence-electron chi connectivity index (χ3n) is 4.14. The largest absolute Gasteiger partial charge is 0.541 e. The van der Waals surface area contributed by atoms with Crippen LogP contribution in [0.1, 0.15) is 11.1 Å². The molecule has 4 nitrogen and oxygen atoms in total. The molecule has 1 aliphatic heterocycles. The molecule has 0 aromatic heterocycles. The van der Waals surface area contributed by atoms with E-state index < -0.39 is 35.4 Å². The van der Waals surface area contributed by atoms with Crippen LogP contribution in [-0.4, -0.2) is 24.0 Å². The van der Waals surface area contributed by atoms with Crippen LogP contribution in [0, 0.1) is 12.7 Å². The van der Waals surface area contributed by atoms with Gasteiger partial charge in [0.1, 0.15) is 17.5 Å². The maximum Gasteiger partial charge on any atom is 0.429 e. The van der Waals surface area contributed by atoms with Crippen LogP contribution in [0.3, 0.4) is 0 Å². The van der Waals surface area contributed by atoms with Gasteiger partial charge in [0.15, 0.2) is 0 Å². The first-order valence-corrected chi connectivity index (χ1v) is 8.17. The number of hydrogen-bond acceptors (Lipinski definition) is 4. The van der Waals surface area contributed by atoms with E-state index in [1.807, 2.05) is 0 Å². The third-order valence-corrected chi connectivity index (χ3v) is 4.36. The van der Waals surface area contributed by atoms with Crippen molar-refractivity contribution in [1.29, 1.82) is 0 Å². The Morgan fingerprint density at radius 1 is 1.18 bits per heavy atom. The van der Waals surface area contributed by atoms with E-state index in [1.54, 1.807) is 0 Å². The van der Waals surface area contributed by atoms with Gasteiger partial charge in [0.2, 0.25) is 11.9 Å². The molecular formula is C19H10ClF4O4-. The molecule has 2 aromatic carbocycles. The van der Waals surface area contributed by atoms with Crippen LogP contribution in [0.25, 0.3) is 17.2 Å². The Kier molecular flexibility index (Phi) is 4.93. The molecule has 28 heavy (non-hydrogen) atoms. The number of alkyl halides is 3. The van der Waals surface area contributed by atoms with Crippen molar-refractivity contribution in [1.82, 2.24) is 0 Å². The number of rotatable bonds is 3. The summed E-state index contributed by atoms with van der Waals surface area (Å²) in [7, 11) is 0. The van der Waals surface area contributed by atoms with E-state index in [0.717, 1.165) is 12.1 Å². The number of aliphatic carboxylic acids is 1. The topological polar surface area (TPSA) is 66.4 Å². The van der Waals surface area contributed by atoms with Gasteiger partial charge in [0.25, 0.3) is 0 Å². The van der Waals surface area contributed by atoms with Crippen LogP contribution in [0.4, 0.5) is 17.6 Å². The Hall–Kier alpha value is -2.87. The highest BCUT2D eigenvalue weighted by Crippen LogP contribution is 2.44. The summed E-state index contributed by atoms with van der Waals surface area (Å²) in [5.74, 6) is -5.03. The number of aryl methyl sites for hydroxylation is 1. The van der Waals surface area contributed by atoms with E-state index in [2.05, 4.69) is 0 Å². The number of Topliss-reactive ketones (excluding diaryl/α,β-unsaturated/α-hetero) is 1. The standard InChI is InChI=1S/C19H11ClF4O4/c1-8-2-3-9(6-14(8)21)12-7-11(20)4-10-5-13(15(25)18(26)27)17(19(22,23)24)28-16(10)12/h2-7,17H,1H3,(H,26,27)/p-1/t17-/m0/s1. The fraction of sp³-hybridized carbons (Fsp3) is 0.158. The molecule has 0 aliphatic carbocycles. The molecule has 0 radical (unpaired) electrons. The molecule has 1 heterocycles. The van der Waals surface area contributed by atoms with E-state index >= 15 is 0 Å². The molecule has 2 aromatic rings. The molecule has 9 heteroatoms. The molecule has 0 unspecified atom stereocenters. The van der Waals surface area contributed by atoms with E-state index in [0.29, 0.717) is 5.56 Å². The minimum atomic E-state index is -5.08. The van der Waals surface area contributed by atoms with Crippen molar-refractivity contribution in [2.24, 2.45) is 0 Å². The van der Waals surface area contributed by atoms with Gasteiger partial charge in [0.05, 0.1) is 5.57 Å². The molecule has 0 saturated heterocycles. The van der Waals surface area contributed by atoms with Crippen LogP contribution in [0.15, 0.2) is 35.9 Å². The highest BCUT2D eigenvalue weighted by atomic mass is 35.5. The average Bonchev–Trinajstić information content (AvgIpc) is 2.60. The molecular weight excluding hydrogens is 404 g/mol. The number of carbonyl (C=O) groups excluding carboxylic acids is 2. The summed E-state index contributed by atoms with van der Waals surface area (Å²) in [6.07, 6.45) is -7.15. The Balaban J connectivity index is 2.25. The summed E-state index contributed by atoms with van der Waals surface area (Å²) in [5.41, 5.74) is -0.593. The molecule has 0 saturated carbocycles. The smallest absolute Gasteiger partial charge is 0.429 e. The van der Waals surface area contributed by atoms with Gasteiger partial charge in [-0.3, -0.25) is 4.79 Å². The number of fused-ring (bicyclic) bond motifs is 1. The first-order chi connectivity index (χ1) is 13.0. The molecule has 3 rings (SSSR count). The van der Waals surface area contributed by atoms with Gasteiger partial charge in [-0.05, 0) is 42.3 Å². The number of halogens is 5. The zero-order valence-electron chi connectivity index (χ0n) is 14.1. The molecule has 0 bridgehead atoms. The van der Waals surface area contributed by atoms with Crippen molar-refractivity contribution in [3.63, 3.8) is 0 Å². The molecule has 146 valence electrons. The minimum Gasteiger partial charge on any atom is -0.541 e. The van der Waals surface area contributed by atoms with E-state index in [9.17, 15) is 32.3 Å². The van der Waals surface area contributed by atoms with Crippen molar-refractivity contribution in [3.8, 4) is 16.9 Å². The molecule has 0 fully saturated rings. The summed E-state index contributed by atoms with van der Waals surface area (Å²) in [4.78, 5) is 22.5. The highest BCUT2D eigenvalue weighted by Gasteiger charge is 2.48. The number of ether oxygens (including phenoxy) is 1. The zero-order valence-corrected chi connectivity index (χ0v) is 14.8. The quantitative estimate of drug-likeness (QED) is 0.571. The van der Waals surface area contributed by atoms with Crippen molar-refractivity contribution >= 4 is 29.4 Å². The fourth-order valence-corrected chi connectivity index (χ4v) is 3.03. The first-order valence-electron chi connectivity index (χ1n) is 7.79. The Morgan fingerprint density at radius 2 is 1.86 bits per heavy atom. The summed E-state index contributed by atoms with van der Waals surface area (Å²) >= 11 is 6.00. The fourth-order valence-electron chi connectivity index (χ4n) is 2.80. The van der Waals surface area contributed by atoms with Crippen LogP contribution < -0.4 is 9.84 Å². The van der Waals surface area contributed by atoms with Gasteiger partial charge in [-0.15, -0.1) is 0 Å². The summed E-state index contributed by atoms with van der Waals surface area (Å²) < 4.78 is 59.2. The van der Waals surface area contributed by atoms with Crippen molar-refractivity contribution < 1.29 is 37.0 Å². The third kappa shape index (κ3) is 3.60. The molecule has 0 spiro atoms. The van der Waals surface area contributed by atoms with Gasteiger partial charge in [-0.2, -0.15) is 13.2 Å². The Bertz CT molecular complexity index is 1030. The van der Waals surface area contributed by atoms with Crippen LogP contribution >= 0.6 is 11.6 Å². The van der Waals surface area contributed by atoms with Gasteiger partial charge in [0, 0.05) is 16.1 Å². The van der Waals surface area contributed by atoms with Gasteiger partial charge < -0.3 is 14.6 Å². The second-order valence-electron chi connectivity index (χ2n) is 6.09. The highest BCUT2D eigenvalue weighted by molar-refractivity contribution is 6.40. The SMILES string of the molecule is Cc1ccc(-c2cc(Cl)cc3c2O[C@H](C(F)(F)F)C(C(=O)C(=O)[O-])=C3)cc1F. The molecule has 1 atom stereocenters. The van der Waals surface area contributed by atoms with E-state index in [1.165, 1.54) is 31.2 Å². The normalized spacial score (nSPS) is 16.1. The number of carboxylic acids is 1. The maximum absolute atomic E-state index is 13.9. The van der Waals surface area contributed by atoms with Crippen LogP contribution in [0.5, 0.6) is 5.75 Å². The van der Waals surface area contributed by atoms with Gasteiger partial charge >= 0.3 is 6.18 Å². The maximum atomic E-state index is 13.9. The number of ketones is 1. The van der Waals surface area contributed by atoms with Crippen LogP contribution in [-0.2, 0) is 9.59 Å². The lowest BCUT2D eigenvalue weighted by atomic mass is 9.93. The second kappa shape index (κ2) is 6.94. The predicted molar refractivity (Wildman–Crippen MR) is 90.0 cm³/mol. The lowest BCUT2D eigenvalue weighted by Gasteiger charge is -2.30. The van der Waals surface area contributed by atoms with Crippen molar-refractivity contribution in [2.75, 3.05) is 0 Å². The summed E-state index contributed by atoms with van der Waals surface area (Å²) in [5, 5.41) is 10.9. The monoisotopic (exact) mass is 413 g/mol. The lowest BCUT2D eigenvalue weighted by molar-refractivity contribution is -0.299. The summed E-state index contributed by atoms with van der Waals surface area (Å²) in [6.45, 7) is 1.52. The number of carbonyl (C=O) groups is 2. The minimum absolute atomic E-state index is 0.0476. The Labute approximate surface area is 161 Å². The molecule has 0 amide bonds. The zero-order chi connectivity index (χ0) is 20.8.